The van der Waals surface area contributed by atoms with E-state index in [4.69, 9.17) is 0 Å². The molecule has 3 rings (SSSR count). The monoisotopic (exact) mass is 266 g/mol. The Hall–Kier alpha value is -2.32. The third kappa shape index (κ3) is 1.62. The standard InChI is InChI=1S/C15H14N4O/c16-6-11-14(20)19-12-3-1-2-9-10(13(9)12)4-5-15(11,7-17)8-18/h4,9,11-13H,1-3,5H2,(H,19,20)/b10-4-/t9-,11-,12-,13-/m1/s1. The lowest BCUT2D eigenvalue weighted by Gasteiger charge is -2.26. The van der Waals surface area contributed by atoms with Crippen LogP contribution in [0.1, 0.15) is 25.7 Å². The van der Waals surface area contributed by atoms with E-state index in [1.54, 1.807) is 0 Å². The van der Waals surface area contributed by atoms with Gasteiger partial charge in [-0.2, -0.15) is 15.8 Å². The highest BCUT2D eigenvalue weighted by atomic mass is 16.2. The number of nitrogens with zero attached hydrogens (tertiary/aromatic N) is 3. The molecule has 100 valence electrons. The Morgan fingerprint density at radius 1 is 1.25 bits per heavy atom. The Morgan fingerprint density at radius 3 is 2.65 bits per heavy atom. The van der Waals surface area contributed by atoms with Gasteiger partial charge in [0, 0.05) is 12.0 Å². The lowest BCUT2D eigenvalue weighted by atomic mass is 9.75. The van der Waals surface area contributed by atoms with Gasteiger partial charge in [0.2, 0.25) is 5.91 Å². The van der Waals surface area contributed by atoms with Gasteiger partial charge in [0.1, 0.15) is 0 Å². The normalized spacial score (nSPS) is 39.9. The molecule has 0 aromatic rings. The third-order valence-corrected chi connectivity index (χ3v) is 4.87. The molecule has 0 unspecified atom stereocenters. The topological polar surface area (TPSA) is 100 Å². The lowest BCUT2D eigenvalue weighted by Crippen LogP contribution is -2.45. The zero-order valence-corrected chi connectivity index (χ0v) is 11.0. The molecule has 3 aliphatic rings. The number of carbonyl (C=O) groups excluding carboxylic acids is 1. The maximum atomic E-state index is 12.3. The van der Waals surface area contributed by atoms with Gasteiger partial charge in [0.25, 0.3) is 0 Å². The first-order valence-corrected chi connectivity index (χ1v) is 6.89. The van der Waals surface area contributed by atoms with Crippen LogP contribution in [0.4, 0.5) is 0 Å². The third-order valence-electron chi connectivity index (χ3n) is 4.87. The first-order valence-electron chi connectivity index (χ1n) is 6.89. The van der Waals surface area contributed by atoms with Gasteiger partial charge in [-0.3, -0.25) is 4.79 Å². The molecule has 1 aliphatic heterocycles. The molecule has 4 atom stereocenters. The van der Waals surface area contributed by atoms with Crippen molar-refractivity contribution in [2.45, 2.75) is 31.7 Å². The van der Waals surface area contributed by atoms with Crippen molar-refractivity contribution in [1.29, 1.82) is 15.8 Å². The summed E-state index contributed by atoms with van der Waals surface area (Å²) in [5.41, 5.74) is -0.307. The highest BCUT2D eigenvalue weighted by molar-refractivity contribution is 5.84. The maximum absolute atomic E-state index is 12.3. The molecule has 1 amide bonds. The van der Waals surface area contributed by atoms with Crippen LogP contribution in [-0.2, 0) is 4.79 Å². The van der Waals surface area contributed by atoms with Gasteiger partial charge in [-0.05, 0) is 25.2 Å². The van der Waals surface area contributed by atoms with Crippen LogP contribution in [0, 0.1) is 57.2 Å². The minimum Gasteiger partial charge on any atom is -0.352 e. The number of fused-ring (bicyclic) bond motifs is 1. The number of hydrogen-bond donors (Lipinski definition) is 1. The van der Waals surface area contributed by atoms with E-state index in [-0.39, 0.29) is 12.5 Å². The van der Waals surface area contributed by atoms with E-state index in [1.807, 2.05) is 24.3 Å². The molecule has 5 heteroatoms. The van der Waals surface area contributed by atoms with Crippen LogP contribution in [0.5, 0.6) is 0 Å². The molecule has 5 nitrogen and oxygen atoms in total. The summed E-state index contributed by atoms with van der Waals surface area (Å²) in [6.45, 7) is 0. The van der Waals surface area contributed by atoms with E-state index in [1.165, 1.54) is 5.57 Å². The van der Waals surface area contributed by atoms with E-state index in [9.17, 15) is 20.6 Å². The number of allylic oxidation sites excluding steroid dienone is 1. The van der Waals surface area contributed by atoms with Gasteiger partial charge < -0.3 is 5.32 Å². The van der Waals surface area contributed by atoms with E-state index in [2.05, 4.69) is 5.32 Å². The first kappa shape index (κ1) is 12.7. The Balaban J connectivity index is 2.03. The molecule has 0 aromatic carbocycles. The van der Waals surface area contributed by atoms with Crippen LogP contribution >= 0.6 is 0 Å². The average molecular weight is 266 g/mol. The number of amides is 1. The molecular formula is C15H14N4O. The molecule has 2 saturated carbocycles. The summed E-state index contributed by atoms with van der Waals surface area (Å²) in [6.07, 6.45) is 5.21. The van der Waals surface area contributed by atoms with Crippen molar-refractivity contribution in [3.8, 4) is 18.2 Å². The summed E-state index contributed by atoms with van der Waals surface area (Å²) in [4.78, 5) is 12.3. The van der Waals surface area contributed by atoms with Crippen LogP contribution in [0.3, 0.4) is 0 Å². The summed E-state index contributed by atoms with van der Waals surface area (Å²) < 4.78 is 0. The van der Waals surface area contributed by atoms with Crippen molar-refractivity contribution in [1.82, 2.24) is 5.32 Å². The molecule has 2 aliphatic carbocycles. The molecule has 0 spiro atoms. The average Bonchev–Trinajstić information content (AvgIpc) is 3.16. The summed E-state index contributed by atoms with van der Waals surface area (Å²) >= 11 is 0. The molecule has 1 heterocycles. The minimum absolute atomic E-state index is 0.0662. The maximum Gasteiger partial charge on any atom is 0.240 e. The van der Waals surface area contributed by atoms with Crippen LogP contribution < -0.4 is 5.32 Å². The van der Waals surface area contributed by atoms with Crippen molar-refractivity contribution in [3.05, 3.63) is 11.6 Å². The van der Waals surface area contributed by atoms with E-state index >= 15 is 0 Å². The van der Waals surface area contributed by atoms with Crippen LogP contribution in [0.25, 0.3) is 0 Å². The van der Waals surface area contributed by atoms with Crippen LogP contribution in [-0.4, -0.2) is 11.9 Å². The van der Waals surface area contributed by atoms with Crippen molar-refractivity contribution in [3.63, 3.8) is 0 Å². The minimum atomic E-state index is -1.57. The van der Waals surface area contributed by atoms with Gasteiger partial charge in [0.15, 0.2) is 11.3 Å². The van der Waals surface area contributed by atoms with E-state index in [0.717, 1.165) is 19.3 Å². The van der Waals surface area contributed by atoms with Crippen molar-refractivity contribution in [2.75, 3.05) is 0 Å². The van der Waals surface area contributed by atoms with Crippen LogP contribution in [0.2, 0.25) is 0 Å². The fourth-order valence-electron chi connectivity index (χ4n) is 3.71. The molecule has 2 fully saturated rings. The lowest BCUT2D eigenvalue weighted by molar-refractivity contribution is -0.126. The van der Waals surface area contributed by atoms with E-state index in [0.29, 0.717) is 11.8 Å². The number of nitriles is 3. The largest absolute Gasteiger partial charge is 0.352 e. The van der Waals surface area contributed by atoms with Gasteiger partial charge >= 0.3 is 0 Å². The summed E-state index contributed by atoms with van der Waals surface area (Å²) in [6, 6.07) is 5.75. The summed E-state index contributed by atoms with van der Waals surface area (Å²) in [5.74, 6) is -0.835. The summed E-state index contributed by atoms with van der Waals surface area (Å²) in [5, 5.41) is 30.8. The SMILES string of the molecule is N#C[C@@H]1C(=O)N[C@@H]2CCC[C@@H]3/C(=C/CC1(C#N)C#N)[C@@H]32. The number of nitrogens with one attached hydrogen (secondary N) is 1. The second-order valence-corrected chi connectivity index (χ2v) is 5.84. The molecule has 0 radical (unpaired) electrons. The van der Waals surface area contributed by atoms with E-state index < -0.39 is 17.2 Å². The molecule has 20 heavy (non-hydrogen) atoms. The quantitative estimate of drug-likeness (QED) is 0.670. The second-order valence-electron chi connectivity index (χ2n) is 5.84. The Morgan fingerprint density at radius 2 is 2.00 bits per heavy atom. The van der Waals surface area contributed by atoms with Crippen molar-refractivity contribution in [2.24, 2.45) is 23.2 Å². The highest BCUT2D eigenvalue weighted by Gasteiger charge is 2.54. The first-order chi connectivity index (χ1) is 9.66. The van der Waals surface area contributed by atoms with Gasteiger partial charge in [-0.25, -0.2) is 0 Å². The van der Waals surface area contributed by atoms with Gasteiger partial charge in [0.05, 0.1) is 18.2 Å². The Bertz CT molecular complexity index is 601. The highest BCUT2D eigenvalue weighted by Crippen LogP contribution is 2.56. The molecule has 0 bridgehead atoms. The Labute approximate surface area is 117 Å². The van der Waals surface area contributed by atoms with Crippen molar-refractivity contribution < 1.29 is 4.79 Å². The zero-order chi connectivity index (χ0) is 14.3. The predicted molar refractivity (Wildman–Crippen MR) is 68.2 cm³/mol. The van der Waals surface area contributed by atoms with Crippen LogP contribution in [0.15, 0.2) is 11.6 Å². The fraction of sp³-hybridized carbons (Fsp3) is 0.600. The van der Waals surface area contributed by atoms with Gasteiger partial charge in [-0.15, -0.1) is 0 Å². The molecular weight excluding hydrogens is 252 g/mol. The molecule has 0 saturated heterocycles. The Kier molecular flexibility index (Phi) is 2.77. The summed E-state index contributed by atoms with van der Waals surface area (Å²) in [7, 11) is 0. The molecule has 1 N–H and O–H groups in total. The number of rotatable bonds is 0. The number of hydrogen-bond acceptors (Lipinski definition) is 4. The predicted octanol–water partition coefficient (Wildman–Crippen LogP) is 1.40. The zero-order valence-electron chi connectivity index (χ0n) is 11.0. The van der Waals surface area contributed by atoms with Crippen molar-refractivity contribution >= 4 is 5.91 Å². The fourth-order valence-corrected chi connectivity index (χ4v) is 3.71. The smallest absolute Gasteiger partial charge is 0.240 e. The van der Waals surface area contributed by atoms with Gasteiger partial charge in [-0.1, -0.05) is 18.1 Å². The number of carbonyl (C=O) groups is 1. The molecule has 0 aromatic heterocycles. The second kappa shape index (κ2) is 4.36.